The van der Waals surface area contributed by atoms with Crippen molar-refractivity contribution in [2.75, 3.05) is 0 Å². The number of hydrogen-bond acceptors (Lipinski definition) is 0. The molecule has 1 aromatic carbocycles. The van der Waals surface area contributed by atoms with Crippen LogP contribution in [-0.4, -0.2) is 4.57 Å². The van der Waals surface area contributed by atoms with Gasteiger partial charge in [0, 0.05) is 6.92 Å². The number of benzene rings is 1. The molecule has 0 aliphatic carbocycles. The first-order chi connectivity index (χ1) is 7.16. The summed E-state index contributed by atoms with van der Waals surface area (Å²) in [4.78, 5) is 0. The van der Waals surface area contributed by atoms with Crippen molar-refractivity contribution in [2.45, 2.75) is 20.4 Å². The van der Waals surface area contributed by atoms with Gasteiger partial charge < -0.3 is 0 Å². The molecule has 0 fully saturated rings. The molecule has 2 nitrogen and oxygen atoms in total. The third-order valence-corrected chi connectivity index (χ3v) is 2.83. The summed E-state index contributed by atoms with van der Waals surface area (Å²) in [5.41, 5.74) is 2.68. The first kappa shape index (κ1) is 9.97. The second-order valence-corrected chi connectivity index (χ2v) is 4.07. The van der Waals surface area contributed by atoms with Gasteiger partial charge in [-0.15, -0.1) is 0 Å². The number of aromatic nitrogens is 2. The molecule has 0 saturated carbocycles. The maximum absolute atomic E-state index is 2.26. The van der Waals surface area contributed by atoms with Crippen LogP contribution in [0, 0.1) is 13.8 Å². The molecule has 1 heterocycles. The molecule has 0 spiro atoms. The second-order valence-electron chi connectivity index (χ2n) is 4.07. The lowest BCUT2D eigenvalue weighted by molar-refractivity contribution is -0.677. The van der Waals surface area contributed by atoms with Crippen molar-refractivity contribution in [3.8, 4) is 0 Å². The van der Waals surface area contributed by atoms with Crippen LogP contribution in [0.4, 0.5) is 0 Å². The van der Waals surface area contributed by atoms with Gasteiger partial charge in [0.2, 0.25) is 0 Å². The first-order valence-corrected chi connectivity index (χ1v) is 5.24. The lowest BCUT2D eigenvalue weighted by Crippen LogP contribution is -2.29. The highest BCUT2D eigenvalue weighted by atomic mass is 15.1. The van der Waals surface area contributed by atoms with E-state index in [1.165, 1.54) is 17.0 Å². The molecule has 0 unspecified atom stereocenters. The first-order valence-electron chi connectivity index (χ1n) is 5.24. The molecule has 0 aliphatic rings. The smallest absolute Gasteiger partial charge is 0.237 e. The summed E-state index contributed by atoms with van der Waals surface area (Å²) in [6, 6.07) is 8.65. The Labute approximate surface area is 90.8 Å². The van der Waals surface area contributed by atoms with Crippen molar-refractivity contribution in [3.63, 3.8) is 0 Å². The second kappa shape index (κ2) is 3.89. The molecule has 0 N–H and O–H groups in total. The van der Waals surface area contributed by atoms with E-state index in [-0.39, 0.29) is 0 Å². The summed E-state index contributed by atoms with van der Waals surface area (Å²) < 4.78 is 4.39. The fourth-order valence-corrected chi connectivity index (χ4v) is 1.77. The van der Waals surface area contributed by atoms with Crippen LogP contribution in [0.3, 0.4) is 0 Å². The Kier molecular flexibility index (Phi) is 2.58. The summed E-state index contributed by atoms with van der Waals surface area (Å²) in [7, 11) is 2.07. The Bertz CT molecular complexity index is 469. The van der Waals surface area contributed by atoms with E-state index in [0.29, 0.717) is 0 Å². The van der Waals surface area contributed by atoms with Crippen LogP contribution in [0.5, 0.6) is 0 Å². The fraction of sp³-hybridized carbons (Fsp3) is 0.308. The van der Waals surface area contributed by atoms with E-state index in [9.17, 15) is 0 Å². The number of nitrogens with zero attached hydrogens (tertiary/aromatic N) is 2. The van der Waals surface area contributed by atoms with E-state index in [1.807, 2.05) is 0 Å². The largest absolute Gasteiger partial charge is 0.253 e. The third-order valence-electron chi connectivity index (χ3n) is 2.83. The Morgan fingerprint density at radius 2 is 2.07 bits per heavy atom. The van der Waals surface area contributed by atoms with Gasteiger partial charge in [-0.05, 0) is 12.5 Å². The summed E-state index contributed by atoms with van der Waals surface area (Å²) in [5.74, 6) is 1.27. The highest BCUT2D eigenvalue weighted by Crippen LogP contribution is 2.06. The third kappa shape index (κ3) is 2.09. The summed E-state index contributed by atoms with van der Waals surface area (Å²) in [5, 5.41) is 0. The predicted molar refractivity (Wildman–Crippen MR) is 60.6 cm³/mol. The van der Waals surface area contributed by atoms with Gasteiger partial charge in [0.15, 0.2) is 0 Å². The molecule has 0 saturated heterocycles. The van der Waals surface area contributed by atoms with Gasteiger partial charge in [-0.2, -0.15) is 0 Å². The van der Waals surface area contributed by atoms with Crippen LogP contribution in [0.2, 0.25) is 0 Å². The maximum atomic E-state index is 2.26. The molecule has 0 radical (unpaired) electrons. The molecular weight excluding hydrogens is 184 g/mol. The number of hydrogen-bond donors (Lipinski definition) is 0. The van der Waals surface area contributed by atoms with Crippen molar-refractivity contribution < 1.29 is 4.57 Å². The van der Waals surface area contributed by atoms with Gasteiger partial charge in [-0.3, -0.25) is 0 Å². The average molecular weight is 201 g/mol. The lowest BCUT2D eigenvalue weighted by Gasteiger charge is -2.01. The van der Waals surface area contributed by atoms with Crippen LogP contribution in [-0.2, 0) is 13.6 Å². The predicted octanol–water partition coefficient (Wildman–Crippen LogP) is 1.98. The molecule has 0 amide bonds. The molecule has 0 aliphatic heterocycles. The zero-order valence-electron chi connectivity index (χ0n) is 9.57. The van der Waals surface area contributed by atoms with Crippen molar-refractivity contribution in [2.24, 2.45) is 7.05 Å². The van der Waals surface area contributed by atoms with Crippen LogP contribution in [0.1, 0.15) is 17.0 Å². The topological polar surface area (TPSA) is 8.81 Å². The normalized spacial score (nSPS) is 10.6. The van der Waals surface area contributed by atoms with Crippen molar-refractivity contribution in [3.05, 3.63) is 53.6 Å². The molecular formula is C13H17N2+. The number of aryl methyl sites for hydroxylation is 2. The highest BCUT2D eigenvalue weighted by molar-refractivity contribution is 5.22. The Morgan fingerprint density at radius 1 is 1.27 bits per heavy atom. The molecule has 2 rings (SSSR count). The van der Waals surface area contributed by atoms with Gasteiger partial charge >= 0.3 is 0 Å². The van der Waals surface area contributed by atoms with Crippen LogP contribution < -0.4 is 4.57 Å². The molecule has 15 heavy (non-hydrogen) atoms. The van der Waals surface area contributed by atoms with Crippen molar-refractivity contribution in [1.29, 1.82) is 0 Å². The molecule has 2 heteroatoms. The lowest BCUT2D eigenvalue weighted by atomic mass is 10.1. The maximum Gasteiger partial charge on any atom is 0.253 e. The summed E-state index contributed by atoms with van der Waals surface area (Å²) >= 11 is 0. The Morgan fingerprint density at radius 3 is 2.67 bits per heavy atom. The minimum absolute atomic E-state index is 0.953. The number of imidazole rings is 1. The van der Waals surface area contributed by atoms with Crippen LogP contribution in [0.15, 0.2) is 36.7 Å². The quantitative estimate of drug-likeness (QED) is 0.657. The van der Waals surface area contributed by atoms with E-state index >= 15 is 0 Å². The van der Waals surface area contributed by atoms with E-state index in [4.69, 9.17) is 0 Å². The van der Waals surface area contributed by atoms with Crippen molar-refractivity contribution in [1.82, 2.24) is 4.57 Å². The minimum atomic E-state index is 0.953. The summed E-state index contributed by atoms with van der Waals surface area (Å²) in [6.45, 7) is 5.22. The zero-order chi connectivity index (χ0) is 10.8. The molecule has 0 bridgehead atoms. The minimum Gasteiger partial charge on any atom is -0.237 e. The highest BCUT2D eigenvalue weighted by Gasteiger charge is 2.08. The standard InChI is InChI=1S/C13H17N2/c1-11-5-4-6-13(9-11)10-15-8-7-14(3)12(15)2/h4-9H,10H2,1-3H3/q+1. The molecule has 2 aromatic rings. The van der Waals surface area contributed by atoms with Gasteiger partial charge in [0.05, 0.1) is 7.05 Å². The van der Waals surface area contributed by atoms with Crippen LogP contribution >= 0.6 is 0 Å². The van der Waals surface area contributed by atoms with Gasteiger partial charge in [0.25, 0.3) is 5.82 Å². The van der Waals surface area contributed by atoms with Gasteiger partial charge in [-0.25, -0.2) is 9.13 Å². The number of rotatable bonds is 2. The van der Waals surface area contributed by atoms with E-state index in [1.54, 1.807) is 0 Å². The molecule has 0 atom stereocenters. The summed E-state index contributed by atoms with van der Waals surface area (Å²) in [6.07, 6.45) is 4.21. The van der Waals surface area contributed by atoms with E-state index in [2.05, 4.69) is 66.7 Å². The van der Waals surface area contributed by atoms with Gasteiger partial charge in [0.1, 0.15) is 18.9 Å². The molecule has 78 valence electrons. The fourth-order valence-electron chi connectivity index (χ4n) is 1.77. The Balaban J connectivity index is 2.26. The monoisotopic (exact) mass is 201 g/mol. The van der Waals surface area contributed by atoms with Crippen LogP contribution in [0.25, 0.3) is 0 Å². The SMILES string of the molecule is Cc1cccc(Cn2cc[n+](C)c2C)c1. The van der Waals surface area contributed by atoms with Crippen molar-refractivity contribution >= 4 is 0 Å². The average Bonchev–Trinajstić information content (AvgIpc) is 2.50. The zero-order valence-corrected chi connectivity index (χ0v) is 9.57. The van der Waals surface area contributed by atoms with E-state index in [0.717, 1.165) is 6.54 Å². The van der Waals surface area contributed by atoms with E-state index < -0.39 is 0 Å². The Hall–Kier alpha value is -1.57. The molecule has 1 aromatic heterocycles. The van der Waals surface area contributed by atoms with Gasteiger partial charge in [-0.1, -0.05) is 29.8 Å².